The van der Waals surface area contributed by atoms with E-state index >= 15 is 0 Å². The van der Waals surface area contributed by atoms with Gasteiger partial charge in [-0.1, -0.05) is 6.92 Å². The number of hydrogen-bond acceptors (Lipinski definition) is 4. The number of aliphatic carboxylic acids is 1. The molecule has 0 aromatic heterocycles. The van der Waals surface area contributed by atoms with Gasteiger partial charge in [-0.25, -0.2) is 14.0 Å². The molecule has 1 aliphatic heterocycles. The number of amides is 2. The van der Waals surface area contributed by atoms with E-state index in [0.29, 0.717) is 13.0 Å². The number of nitrogens with one attached hydrogen (secondary N) is 1. The third kappa shape index (κ3) is 4.01. The highest BCUT2D eigenvalue weighted by Crippen LogP contribution is 2.24. The minimum absolute atomic E-state index is 0.0167. The summed E-state index contributed by atoms with van der Waals surface area (Å²) in [4.78, 5) is 36.7. The molecule has 1 heterocycles. The normalized spacial score (nSPS) is 20.4. The fraction of sp³-hybridized carbons (Fsp3) is 0.438. The zero-order chi connectivity index (χ0) is 17.9. The van der Waals surface area contributed by atoms with Crippen LogP contribution in [0.3, 0.4) is 0 Å². The second kappa shape index (κ2) is 7.29. The molecule has 1 aromatic carbocycles. The van der Waals surface area contributed by atoms with Crippen LogP contribution >= 0.6 is 0 Å². The maximum Gasteiger partial charge on any atom is 0.339 e. The van der Waals surface area contributed by atoms with Crippen molar-refractivity contribution in [3.63, 3.8) is 0 Å². The molecule has 2 amide bonds. The maximum absolute atomic E-state index is 13.4. The number of carboxylic acids is 1. The van der Waals surface area contributed by atoms with Gasteiger partial charge in [0.2, 0.25) is 0 Å². The summed E-state index contributed by atoms with van der Waals surface area (Å²) in [7, 11) is 1.18. The number of urea groups is 1. The lowest BCUT2D eigenvalue weighted by Gasteiger charge is -2.34. The van der Waals surface area contributed by atoms with Crippen molar-refractivity contribution >= 4 is 23.7 Å². The average Bonchev–Trinajstić information content (AvgIpc) is 2.53. The number of carbonyl (C=O) groups excluding carboxylic acids is 2. The van der Waals surface area contributed by atoms with Gasteiger partial charge in [-0.15, -0.1) is 0 Å². The van der Waals surface area contributed by atoms with Crippen molar-refractivity contribution < 1.29 is 28.6 Å². The molecule has 0 spiro atoms. The molecule has 0 saturated carbocycles. The second-order valence-electron chi connectivity index (χ2n) is 5.89. The standard InChI is InChI=1S/C16H19FN2O5/c1-9-5-10(14(20)21)8-19(7-9)16(23)18-13-6-11(17)3-4-12(13)15(22)24-2/h3-4,6,9-10H,5,7-8H2,1-2H3,(H,18,23)(H,20,21). The molecule has 0 radical (unpaired) electrons. The van der Waals surface area contributed by atoms with Crippen LogP contribution < -0.4 is 5.32 Å². The average molecular weight is 338 g/mol. The first-order chi connectivity index (χ1) is 11.3. The Kier molecular flexibility index (Phi) is 5.38. The van der Waals surface area contributed by atoms with Gasteiger partial charge in [0.25, 0.3) is 0 Å². The predicted molar refractivity (Wildman–Crippen MR) is 83.2 cm³/mol. The molecule has 1 fully saturated rings. The van der Waals surface area contributed by atoms with Crippen molar-refractivity contribution in [1.82, 2.24) is 4.90 Å². The Bertz CT molecular complexity index is 664. The Labute approximate surface area is 138 Å². The van der Waals surface area contributed by atoms with Crippen molar-refractivity contribution in [2.24, 2.45) is 11.8 Å². The SMILES string of the molecule is COC(=O)c1ccc(F)cc1NC(=O)N1CC(C)CC(C(=O)O)C1. The van der Waals surface area contributed by atoms with Gasteiger partial charge in [0, 0.05) is 13.1 Å². The van der Waals surface area contributed by atoms with Crippen LogP contribution in [0.1, 0.15) is 23.7 Å². The van der Waals surface area contributed by atoms with Crippen LogP contribution in [0.15, 0.2) is 18.2 Å². The van der Waals surface area contributed by atoms with Crippen molar-refractivity contribution in [1.29, 1.82) is 0 Å². The molecule has 2 N–H and O–H groups in total. The molecule has 1 saturated heterocycles. The zero-order valence-electron chi connectivity index (χ0n) is 13.4. The largest absolute Gasteiger partial charge is 0.481 e. The highest BCUT2D eigenvalue weighted by molar-refractivity contribution is 6.00. The second-order valence-corrected chi connectivity index (χ2v) is 5.89. The number of hydrogen-bond donors (Lipinski definition) is 2. The highest BCUT2D eigenvalue weighted by atomic mass is 19.1. The highest BCUT2D eigenvalue weighted by Gasteiger charge is 2.32. The Hall–Kier alpha value is -2.64. The maximum atomic E-state index is 13.4. The van der Waals surface area contributed by atoms with Crippen LogP contribution in [-0.4, -0.2) is 48.2 Å². The van der Waals surface area contributed by atoms with Crippen molar-refractivity contribution in [3.8, 4) is 0 Å². The molecular formula is C16H19FN2O5. The van der Waals surface area contributed by atoms with Crippen LogP contribution in [0, 0.1) is 17.7 Å². The van der Waals surface area contributed by atoms with Crippen LogP contribution in [0.2, 0.25) is 0 Å². The Morgan fingerprint density at radius 2 is 2.04 bits per heavy atom. The first-order valence-electron chi connectivity index (χ1n) is 7.48. The molecule has 8 heteroatoms. The van der Waals surface area contributed by atoms with E-state index in [2.05, 4.69) is 10.1 Å². The number of likely N-dealkylation sites (tertiary alicyclic amines) is 1. The summed E-state index contributed by atoms with van der Waals surface area (Å²) in [6.45, 7) is 2.31. The monoisotopic (exact) mass is 338 g/mol. The predicted octanol–water partition coefficient (Wildman–Crippen LogP) is 2.19. The number of carboxylic acid groups (broad SMARTS) is 1. The van der Waals surface area contributed by atoms with Gasteiger partial charge in [0.05, 0.1) is 24.3 Å². The van der Waals surface area contributed by atoms with E-state index in [0.717, 1.165) is 12.1 Å². The van der Waals surface area contributed by atoms with Gasteiger partial charge in [0.15, 0.2) is 0 Å². The lowest BCUT2D eigenvalue weighted by atomic mass is 9.91. The zero-order valence-corrected chi connectivity index (χ0v) is 13.4. The van der Waals surface area contributed by atoms with Gasteiger partial charge in [-0.3, -0.25) is 4.79 Å². The van der Waals surface area contributed by atoms with E-state index in [9.17, 15) is 18.8 Å². The minimum Gasteiger partial charge on any atom is -0.481 e. The summed E-state index contributed by atoms with van der Waals surface area (Å²) in [5, 5.41) is 11.6. The fourth-order valence-electron chi connectivity index (χ4n) is 2.80. The van der Waals surface area contributed by atoms with Crippen LogP contribution in [0.25, 0.3) is 0 Å². The molecule has 0 aliphatic carbocycles. The van der Waals surface area contributed by atoms with E-state index in [1.54, 1.807) is 0 Å². The van der Waals surface area contributed by atoms with E-state index in [1.165, 1.54) is 18.1 Å². The van der Waals surface area contributed by atoms with Gasteiger partial charge < -0.3 is 20.1 Å². The number of rotatable bonds is 3. The van der Waals surface area contributed by atoms with Crippen molar-refractivity contribution in [2.45, 2.75) is 13.3 Å². The Balaban J connectivity index is 2.18. The van der Waals surface area contributed by atoms with Gasteiger partial charge in [-0.2, -0.15) is 0 Å². The van der Waals surface area contributed by atoms with Crippen LogP contribution in [-0.2, 0) is 9.53 Å². The molecule has 0 bridgehead atoms. The third-order valence-electron chi connectivity index (χ3n) is 3.92. The summed E-state index contributed by atoms with van der Waals surface area (Å²) in [6, 6.07) is 2.75. The van der Waals surface area contributed by atoms with Crippen LogP contribution in [0.5, 0.6) is 0 Å². The molecule has 2 rings (SSSR count). The number of ether oxygens (including phenoxy) is 1. The third-order valence-corrected chi connectivity index (χ3v) is 3.92. The van der Waals surface area contributed by atoms with Gasteiger partial charge in [-0.05, 0) is 30.5 Å². The number of benzene rings is 1. The van der Waals surface area contributed by atoms with E-state index in [-0.39, 0.29) is 23.7 Å². The smallest absolute Gasteiger partial charge is 0.339 e. The lowest BCUT2D eigenvalue weighted by molar-refractivity contribution is -0.143. The number of anilines is 1. The summed E-state index contributed by atoms with van der Waals surface area (Å²) in [5.41, 5.74) is 0.00374. The molecule has 24 heavy (non-hydrogen) atoms. The summed E-state index contributed by atoms with van der Waals surface area (Å²) in [5.74, 6) is -2.90. The van der Waals surface area contributed by atoms with Gasteiger partial charge >= 0.3 is 18.0 Å². The molecule has 1 aliphatic rings. The molecular weight excluding hydrogens is 319 g/mol. The summed E-state index contributed by atoms with van der Waals surface area (Å²) in [6.07, 6.45) is 0.493. The summed E-state index contributed by atoms with van der Waals surface area (Å²) >= 11 is 0. The molecule has 2 unspecified atom stereocenters. The van der Waals surface area contributed by atoms with Crippen LogP contribution in [0.4, 0.5) is 14.9 Å². The minimum atomic E-state index is -0.958. The van der Waals surface area contributed by atoms with Crippen molar-refractivity contribution in [3.05, 3.63) is 29.6 Å². The number of halogens is 1. The number of methoxy groups -OCH3 is 1. The molecule has 2 atom stereocenters. The number of carbonyl (C=O) groups is 3. The topological polar surface area (TPSA) is 95.9 Å². The summed E-state index contributed by atoms with van der Waals surface area (Å²) < 4.78 is 18.0. The molecule has 7 nitrogen and oxygen atoms in total. The number of nitrogens with zero attached hydrogens (tertiary/aromatic N) is 1. The quantitative estimate of drug-likeness (QED) is 0.824. The Morgan fingerprint density at radius 3 is 2.67 bits per heavy atom. The van der Waals surface area contributed by atoms with E-state index in [1.807, 2.05) is 6.92 Å². The lowest BCUT2D eigenvalue weighted by Crippen LogP contribution is -2.47. The number of piperidine rings is 1. The molecule has 130 valence electrons. The van der Waals surface area contributed by atoms with E-state index in [4.69, 9.17) is 5.11 Å². The first-order valence-corrected chi connectivity index (χ1v) is 7.48. The molecule has 1 aromatic rings. The van der Waals surface area contributed by atoms with Gasteiger partial charge in [0.1, 0.15) is 5.82 Å². The van der Waals surface area contributed by atoms with Crippen molar-refractivity contribution in [2.75, 3.05) is 25.5 Å². The fourth-order valence-corrected chi connectivity index (χ4v) is 2.80. The Morgan fingerprint density at radius 1 is 1.33 bits per heavy atom. The van der Waals surface area contributed by atoms with E-state index < -0.39 is 29.7 Å². The first kappa shape index (κ1) is 17.7. The number of esters is 1.